The maximum atomic E-state index is 9.20. The van der Waals surface area contributed by atoms with Crippen molar-refractivity contribution in [3.05, 3.63) is 29.3 Å². The van der Waals surface area contributed by atoms with Gasteiger partial charge in [-0.25, -0.2) is 0 Å². The van der Waals surface area contributed by atoms with Gasteiger partial charge >= 0.3 is 0 Å². The summed E-state index contributed by atoms with van der Waals surface area (Å²) < 4.78 is 0. The molecule has 84 valence electrons. The van der Waals surface area contributed by atoms with Crippen LogP contribution in [0.25, 0.3) is 0 Å². The van der Waals surface area contributed by atoms with Crippen molar-refractivity contribution >= 4 is 5.69 Å². The third-order valence-electron chi connectivity index (χ3n) is 2.24. The lowest BCUT2D eigenvalue weighted by Crippen LogP contribution is -2.19. The molecule has 0 saturated heterocycles. The molecule has 1 aromatic rings. The first-order chi connectivity index (χ1) is 6.92. The lowest BCUT2D eigenvalue weighted by Gasteiger charge is -2.21. The van der Waals surface area contributed by atoms with Gasteiger partial charge in [-0.15, -0.1) is 0 Å². The molecule has 0 fully saturated rings. The number of anilines is 1. The van der Waals surface area contributed by atoms with Crippen molar-refractivity contribution in [1.82, 2.24) is 0 Å². The molecule has 0 radical (unpaired) electrons. The van der Waals surface area contributed by atoms with Crippen LogP contribution in [0.2, 0.25) is 0 Å². The molecule has 2 nitrogen and oxygen atoms in total. The highest BCUT2D eigenvalue weighted by atomic mass is 16.3. The smallest absolute Gasteiger partial charge is 0.0701 e. The lowest BCUT2D eigenvalue weighted by molar-refractivity contribution is 0.282. The Kier molecular flexibility index (Phi) is 3.75. The van der Waals surface area contributed by atoms with Gasteiger partial charge in [-0.1, -0.05) is 32.9 Å². The predicted octanol–water partition coefficient (Wildman–Crippen LogP) is 2.95. The number of rotatable bonds is 3. The van der Waals surface area contributed by atoms with Crippen LogP contribution in [0.1, 0.15) is 31.9 Å². The molecule has 1 rings (SSSR count). The summed E-state index contributed by atoms with van der Waals surface area (Å²) in [5, 5.41) is 12.6. The number of aliphatic hydroxyl groups is 1. The fourth-order valence-electron chi connectivity index (χ4n) is 1.35. The first-order valence-corrected chi connectivity index (χ1v) is 5.36. The Bertz CT molecular complexity index is 326. The van der Waals surface area contributed by atoms with Crippen LogP contribution >= 0.6 is 0 Å². The van der Waals surface area contributed by atoms with E-state index in [4.69, 9.17) is 0 Å². The van der Waals surface area contributed by atoms with Gasteiger partial charge in [0.2, 0.25) is 0 Å². The van der Waals surface area contributed by atoms with E-state index in [2.05, 4.69) is 39.1 Å². The normalized spacial score (nSPS) is 11.5. The van der Waals surface area contributed by atoms with E-state index in [0.717, 1.165) is 17.8 Å². The van der Waals surface area contributed by atoms with Crippen molar-refractivity contribution in [3.8, 4) is 0 Å². The number of nitrogens with one attached hydrogen (secondary N) is 1. The lowest BCUT2D eigenvalue weighted by atomic mass is 9.96. The standard InChI is InChI=1S/C13H21NO/c1-10-5-6-11(8-15)12(7-10)14-9-13(2,3)4/h5-7,14-15H,8-9H2,1-4H3. The van der Waals surface area contributed by atoms with Gasteiger partial charge in [-0.2, -0.15) is 0 Å². The highest BCUT2D eigenvalue weighted by molar-refractivity contribution is 5.53. The molecule has 0 amide bonds. The van der Waals surface area contributed by atoms with Crippen molar-refractivity contribution in [2.24, 2.45) is 5.41 Å². The summed E-state index contributed by atoms with van der Waals surface area (Å²) in [6, 6.07) is 6.07. The van der Waals surface area contributed by atoms with Crippen molar-refractivity contribution in [2.75, 3.05) is 11.9 Å². The van der Waals surface area contributed by atoms with Gasteiger partial charge in [0.05, 0.1) is 6.61 Å². The van der Waals surface area contributed by atoms with E-state index in [1.165, 1.54) is 5.56 Å². The topological polar surface area (TPSA) is 32.3 Å². The molecule has 2 N–H and O–H groups in total. The SMILES string of the molecule is Cc1ccc(CO)c(NCC(C)(C)C)c1. The molecule has 0 unspecified atom stereocenters. The molecule has 1 aromatic carbocycles. The second-order valence-electron chi connectivity index (χ2n) is 5.23. The Morgan fingerprint density at radius 3 is 2.47 bits per heavy atom. The Balaban J connectivity index is 2.79. The van der Waals surface area contributed by atoms with Gasteiger partial charge in [0, 0.05) is 17.8 Å². The zero-order valence-electron chi connectivity index (χ0n) is 10.1. The van der Waals surface area contributed by atoms with Crippen molar-refractivity contribution in [3.63, 3.8) is 0 Å². The van der Waals surface area contributed by atoms with Crippen LogP contribution < -0.4 is 5.32 Å². The molecular formula is C13H21NO. The summed E-state index contributed by atoms with van der Waals surface area (Å²) >= 11 is 0. The third kappa shape index (κ3) is 3.92. The fourth-order valence-corrected chi connectivity index (χ4v) is 1.35. The van der Waals surface area contributed by atoms with E-state index in [9.17, 15) is 5.11 Å². The first kappa shape index (κ1) is 12.1. The number of hydrogen-bond donors (Lipinski definition) is 2. The van der Waals surface area contributed by atoms with Gasteiger partial charge in [0.15, 0.2) is 0 Å². The molecule has 0 bridgehead atoms. The van der Waals surface area contributed by atoms with E-state index in [-0.39, 0.29) is 12.0 Å². The van der Waals surface area contributed by atoms with Gasteiger partial charge in [0.1, 0.15) is 0 Å². The summed E-state index contributed by atoms with van der Waals surface area (Å²) in [7, 11) is 0. The minimum Gasteiger partial charge on any atom is -0.392 e. The molecular weight excluding hydrogens is 186 g/mol. The Hall–Kier alpha value is -1.02. The highest BCUT2D eigenvalue weighted by Crippen LogP contribution is 2.20. The summed E-state index contributed by atoms with van der Waals surface area (Å²) in [6.45, 7) is 9.62. The van der Waals surface area contributed by atoms with Crippen molar-refractivity contribution in [2.45, 2.75) is 34.3 Å². The summed E-state index contributed by atoms with van der Waals surface area (Å²) in [6.07, 6.45) is 0. The monoisotopic (exact) mass is 207 g/mol. The van der Waals surface area contributed by atoms with Crippen LogP contribution in [-0.2, 0) is 6.61 Å². The molecule has 0 spiro atoms. The van der Waals surface area contributed by atoms with Gasteiger partial charge in [-0.3, -0.25) is 0 Å². The van der Waals surface area contributed by atoms with Gasteiger partial charge in [0.25, 0.3) is 0 Å². The van der Waals surface area contributed by atoms with Gasteiger partial charge in [-0.05, 0) is 24.0 Å². The largest absolute Gasteiger partial charge is 0.392 e. The maximum absolute atomic E-state index is 9.20. The average molecular weight is 207 g/mol. The van der Waals surface area contributed by atoms with E-state index in [1.54, 1.807) is 0 Å². The van der Waals surface area contributed by atoms with E-state index in [0.29, 0.717) is 0 Å². The summed E-state index contributed by atoms with van der Waals surface area (Å²) in [5.41, 5.74) is 3.47. The van der Waals surface area contributed by atoms with E-state index in [1.807, 2.05) is 12.1 Å². The Morgan fingerprint density at radius 1 is 1.27 bits per heavy atom. The second kappa shape index (κ2) is 4.67. The second-order valence-corrected chi connectivity index (χ2v) is 5.23. The molecule has 0 aliphatic carbocycles. The van der Waals surface area contributed by atoms with Crippen LogP contribution in [0, 0.1) is 12.3 Å². The minimum absolute atomic E-state index is 0.0900. The molecule has 0 heterocycles. The van der Waals surface area contributed by atoms with Crippen LogP contribution in [0.3, 0.4) is 0 Å². The van der Waals surface area contributed by atoms with Crippen LogP contribution in [-0.4, -0.2) is 11.7 Å². The molecule has 0 aromatic heterocycles. The molecule has 15 heavy (non-hydrogen) atoms. The molecule has 2 heteroatoms. The van der Waals surface area contributed by atoms with Crippen molar-refractivity contribution < 1.29 is 5.11 Å². The van der Waals surface area contributed by atoms with E-state index < -0.39 is 0 Å². The minimum atomic E-state index is 0.0900. The van der Waals surface area contributed by atoms with Crippen LogP contribution in [0.15, 0.2) is 18.2 Å². The molecule has 0 saturated carbocycles. The van der Waals surface area contributed by atoms with E-state index >= 15 is 0 Å². The number of benzene rings is 1. The number of aryl methyl sites for hydroxylation is 1. The zero-order valence-corrected chi connectivity index (χ0v) is 10.1. The molecule has 0 aliphatic heterocycles. The molecule has 0 atom stereocenters. The fraction of sp³-hybridized carbons (Fsp3) is 0.538. The average Bonchev–Trinajstić information content (AvgIpc) is 2.14. The Labute approximate surface area is 92.3 Å². The van der Waals surface area contributed by atoms with Crippen molar-refractivity contribution in [1.29, 1.82) is 0 Å². The predicted molar refractivity (Wildman–Crippen MR) is 65.0 cm³/mol. The van der Waals surface area contributed by atoms with Crippen LogP contribution in [0.4, 0.5) is 5.69 Å². The summed E-state index contributed by atoms with van der Waals surface area (Å²) in [4.78, 5) is 0. The first-order valence-electron chi connectivity index (χ1n) is 5.36. The summed E-state index contributed by atoms with van der Waals surface area (Å²) in [5.74, 6) is 0. The Morgan fingerprint density at radius 2 is 1.93 bits per heavy atom. The quantitative estimate of drug-likeness (QED) is 0.798. The number of hydrogen-bond acceptors (Lipinski definition) is 2. The maximum Gasteiger partial charge on any atom is 0.0701 e. The zero-order chi connectivity index (χ0) is 11.5. The highest BCUT2D eigenvalue weighted by Gasteiger charge is 2.10. The third-order valence-corrected chi connectivity index (χ3v) is 2.24. The van der Waals surface area contributed by atoms with Crippen LogP contribution in [0.5, 0.6) is 0 Å². The molecule has 0 aliphatic rings. The van der Waals surface area contributed by atoms with Gasteiger partial charge < -0.3 is 10.4 Å². The number of aliphatic hydroxyl groups excluding tert-OH is 1.